The first-order valence-corrected chi connectivity index (χ1v) is 9.47. The minimum absolute atomic E-state index is 0.265. The second-order valence-corrected chi connectivity index (χ2v) is 6.81. The molecule has 0 saturated heterocycles. The summed E-state index contributed by atoms with van der Waals surface area (Å²) in [5.74, 6) is -0.412. The third-order valence-corrected chi connectivity index (χ3v) is 4.69. The van der Waals surface area contributed by atoms with Crippen LogP contribution in [0.25, 0.3) is 16.9 Å². The fourth-order valence-corrected chi connectivity index (χ4v) is 3.20. The molecular weight excluding hydrogens is 398 g/mol. The Kier molecular flexibility index (Phi) is 5.31. The van der Waals surface area contributed by atoms with Crippen LogP contribution < -0.4 is 11.0 Å². The molecule has 31 heavy (non-hydrogen) atoms. The predicted octanol–water partition coefficient (Wildman–Crippen LogP) is 2.29. The first-order valence-electron chi connectivity index (χ1n) is 9.47. The van der Waals surface area contributed by atoms with E-state index in [0.717, 1.165) is 10.2 Å². The van der Waals surface area contributed by atoms with Gasteiger partial charge in [0.2, 0.25) is 5.91 Å². The molecular formula is C22H19N5O4. The quantitative estimate of drug-likeness (QED) is 0.499. The zero-order valence-corrected chi connectivity index (χ0v) is 16.9. The lowest BCUT2D eigenvalue weighted by Crippen LogP contribution is -2.28. The maximum absolute atomic E-state index is 12.7. The second-order valence-electron chi connectivity index (χ2n) is 6.81. The van der Waals surface area contributed by atoms with Gasteiger partial charge in [0.1, 0.15) is 12.4 Å². The number of benzene rings is 2. The number of anilines is 1. The van der Waals surface area contributed by atoms with Crippen molar-refractivity contribution in [1.82, 2.24) is 19.2 Å². The van der Waals surface area contributed by atoms with E-state index in [2.05, 4.69) is 20.1 Å². The Morgan fingerprint density at radius 2 is 1.77 bits per heavy atom. The first-order chi connectivity index (χ1) is 15.0. The predicted molar refractivity (Wildman–Crippen MR) is 114 cm³/mol. The van der Waals surface area contributed by atoms with E-state index in [4.69, 9.17) is 0 Å². The van der Waals surface area contributed by atoms with Crippen molar-refractivity contribution in [3.05, 3.63) is 82.5 Å². The van der Waals surface area contributed by atoms with Gasteiger partial charge < -0.3 is 10.1 Å². The van der Waals surface area contributed by atoms with Crippen molar-refractivity contribution in [2.75, 3.05) is 12.4 Å². The zero-order chi connectivity index (χ0) is 22.0. The minimum atomic E-state index is -0.465. The van der Waals surface area contributed by atoms with Gasteiger partial charge in [0.25, 0.3) is 0 Å². The van der Waals surface area contributed by atoms with Crippen molar-refractivity contribution < 1.29 is 14.3 Å². The number of carbonyl (C=O) groups is 2. The molecule has 0 spiro atoms. The van der Waals surface area contributed by atoms with Crippen molar-refractivity contribution in [2.45, 2.75) is 13.5 Å². The maximum atomic E-state index is 12.7. The molecule has 2 aromatic carbocycles. The third-order valence-electron chi connectivity index (χ3n) is 4.69. The summed E-state index contributed by atoms with van der Waals surface area (Å²) in [5.41, 5.74) is 2.41. The highest BCUT2D eigenvalue weighted by atomic mass is 16.5. The summed E-state index contributed by atoms with van der Waals surface area (Å²) in [6, 6.07) is 17.5. The molecule has 2 heterocycles. The number of nitrogens with zero attached hydrogens (tertiary/aromatic N) is 4. The van der Waals surface area contributed by atoms with E-state index in [9.17, 15) is 14.4 Å². The van der Waals surface area contributed by atoms with Gasteiger partial charge in [0.05, 0.1) is 18.4 Å². The number of aryl methyl sites for hydroxylation is 1. The molecule has 0 bridgehead atoms. The normalized spacial score (nSPS) is 10.8. The van der Waals surface area contributed by atoms with Crippen molar-refractivity contribution in [3.8, 4) is 11.3 Å². The molecule has 1 N–H and O–H groups in total. The SMILES string of the molecule is COC(=O)c1ccc(NC(=O)Cn2nc3cc(-c4ccccc4)nc(C)n3c2=O)cc1. The van der Waals surface area contributed by atoms with Crippen molar-refractivity contribution in [1.29, 1.82) is 0 Å². The van der Waals surface area contributed by atoms with Crippen LogP contribution in [-0.2, 0) is 16.1 Å². The van der Waals surface area contributed by atoms with Crippen LogP contribution in [0.4, 0.5) is 5.69 Å². The van der Waals surface area contributed by atoms with Crippen LogP contribution in [0.5, 0.6) is 0 Å². The lowest BCUT2D eigenvalue weighted by Gasteiger charge is -2.05. The van der Waals surface area contributed by atoms with Gasteiger partial charge in [-0.15, -0.1) is 5.10 Å². The zero-order valence-electron chi connectivity index (χ0n) is 16.9. The van der Waals surface area contributed by atoms with E-state index in [1.807, 2.05) is 30.3 Å². The molecule has 0 radical (unpaired) electrons. The number of methoxy groups -OCH3 is 1. The van der Waals surface area contributed by atoms with Crippen LogP contribution in [0.15, 0.2) is 65.5 Å². The Hall–Kier alpha value is -4.27. The second kappa shape index (κ2) is 8.23. The molecule has 4 aromatic rings. The lowest BCUT2D eigenvalue weighted by atomic mass is 10.1. The number of hydrogen-bond donors (Lipinski definition) is 1. The highest BCUT2D eigenvalue weighted by Crippen LogP contribution is 2.18. The Labute approximate surface area is 176 Å². The lowest BCUT2D eigenvalue weighted by molar-refractivity contribution is -0.117. The average molecular weight is 417 g/mol. The van der Waals surface area contributed by atoms with Crippen molar-refractivity contribution >= 4 is 23.2 Å². The van der Waals surface area contributed by atoms with Crippen LogP contribution in [-0.4, -0.2) is 38.2 Å². The molecule has 2 aromatic heterocycles. The molecule has 0 aliphatic heterocycles. The number of nitrogens with one attached hydrogen (secondary N) is 1. The summed E-state index contributed by atoms with van der Waals surface area (Å²) in [6.45, 7) is 1.45. The molecule has 156 valence electrons. The molecule has 9 nitrogen and oxygen atoms in total. The number of carbonyl (C=O) groups excluding carboxylic acids is 2. The Morgan fingerprint density at radius 1 is 1.06 bits per heavy atom. The highest BCUT2D eigenvalue weighted by molar-refractivity contribution is 5.92. The van der Waals surface area contributed by atoms with Crippen molar-refractivity contribution in [3.63, 3.8) is 0 Å². The van der Waals surface area contributed by atoms with E-state index in [0.29, 0.717) is 28.4 Å². The summed E-state index contributed by atoms with van der Waals surface area (Å²) < 4.78 is 7.10. The average Bonchev–Trinajstić information content (AvgIpc) is 3.09. The van der Waals surface area contributed by atoms with Gasteiger partial charge in [0, 0.05) is 17.3 Å². The van der Waals surface area contributed by atoms with Crippen molar-refractivity contribution in [2.24, 2.45) is 0 Å². The number of hydrogen-bond acceptors (Lipinski definition) is 6. The Morgan fingerprint density at radius 3 is 2.45 bits per heavy atom. The fraction of sp³-hybridized carbons (Fsp3) is 0.136. The topological polar surface area (TPSA) is 108 Å². The Balaban J connectivity index is 1.56. The van der Waals surface area contributed by atoms with E-state index in [1.165, 1.54) is 11.5 Å². The fourth-order valence-electron chi connectivity index (χ4n) is 3.20. The van der Waals surface area contributed by atoms with Crippen LogP contribution in [0.3, 0.4) is 0 Å². The van der Waals surface area contributed by atoms with Crippen LogP contribution >= 0.6 is 0 Å². The molecule has 0 aliphatic rings. The van der Waals surface area contributed by atoms with Gasteiger partial charge in [-0.3, -0.25) is 4.79 Å². The molecule has 0 saturated carbocycles. The number of esters is 1. The molecule has 0 unspecified atom stereocenters. The summed E-state index contributed by atoms with van der Waals surface area (Å²) in [7, 11) is 1.30. The van der Waals surface area contributed by atoms with Crippen LogP contribution in [0, 0.1) is 6.92 Å². The monoisotopic (exact) mass is 417 g/mol. The molecule has 1 amide bonds. The summed E-state index contributed by atoms with van der Waals surface area (Å²) in [5, 5.41) is 6.98. The molecule has 0 fully saturated rings. The molecule has 9 heteroatoms. The number of aromatic nitrogens is 4. The first kappa shape index (κ1) is 20.0. The van der Waals surface area contributed by atoms with E-state index < -0.39 is 17.6 Å². The standard InChI is InChI=1S/C22H19N5O4/c1-14-23-18(15-6-4-3-5-7-15)12-19-25-26(22(30)27(14)19)13-20(28)24-17-10-8-16(9-11-17)21(29)31-2/h3-12H,13H2,1-2H3,(H,24,28). The van der Waals surface area contributed by atoms with Gasteiger partial charge in [0.15, 0.2) is 5.65 Å². The number of amides is 1. The minimum Gasteiger partial charge on any atom is -0.465 e. The number of rotatable bonds is 5. The van der Waals surface area contributed by atoms with Gasteiger partial charge in [-0.25, -0.2) is 23.7 Å². The van der Waals surface area contributed by atoms with Gasteiger partial charge >= 0.3 is 11.7 Å². The Bertz CT molecular complexity index is 1320. The largest absolute Gasteiger partial charge is 0.465 e. The van der Waals surface area contributed by atoms with Gasteiger partial charge in [-0.1, -0.05) is 30.3 Å². The highest BCUT2D eigenvalue weighted by Gasteiger charge is 2.15. The third kappa shape index (κ3) is 4.06. The molecule has 0 atom stereocenters. The summed E-state index contributed by atoms with van der Waals surface area (Å²) in [6.07, 6.45) is 0. The van der Waals surface area contributed by atoms with Crippen LogP contribution in [0.2, 0.25) is 0 Å². The molecule has 4 rings (SSSR count). The molecule has 0 aliphatic carbocycles. The van der Waals surface area contributed by atoms with E-state index in [1.54, 1.807) is 37.3 Å². The smallest absolute Gasteiger partial charge is 0.352 e. The number of fused-ring (bicyclic) bond motifs is 1. The van der Waals surface area contributed by atoms with Crippen LogP contribution in [0.1, 0.15) is 16.2 Å². The summed E-state index contributed by atoms with van der Waals surface area (Å²) >= 11 is 0. The maximum Gasteiger partial charge on any atom is 0.352 e. The summed E-state index contributed by atoms with van der Waals surface area (Å²) in [4.78, 5) is 41.1. The van der Waals surface area contributed by atoms with Gasteiger partial charge in [-0.05, 0) is 31.2 Å². The van der Waals surface area contributed by atoms with E-state index >= 15 is 0 Å². The van der Waals surface area contributed by atoms with Gasteiger partial charge in [-0.2, -0.15) is 0 Å². The number of ether oxygens (including phenoxy) is 1. The van der Waals surface area contributed by atoms with E-state index in [-0.39, 0.29) is 6.54 Å².